The fraction of sp³-hybridized carbons (Fsp3) is 0.519. The molecule has 2 aromatic rings. The van der Waals surface area contributed by atoms with Gasteiger partial charge in [-0.15, -0.1) is 0 Å². The van der Waals surface area contributed by atoms with Crippen LogP contribution in [-0.4, -0.2) is 52.3 Å². The van der Waals surface area contributed by atoms with Gasteiger partial charge in [-0.2, -0.15) is 0 Å². The Kier molecular flexibility index (Phi) is 5.68. The average molecular weight is 439 g/mol. The summed E-state index contributed by atoms with van der Waals surface area (Å²) < 4.78 is 32.1. The van der Waals surface area contributed by atoms with E-state index in [1.54, 1.807) is 9.80 Å². The predicted octanol–water partition coefficient (Wildman–Crippen LogP) is 5.44. The van der Waals surface area contributed by atoms with E-state index in [0.717, 1.165) is 24.0 Å². The van der Waals surface area contributed by atoms with Crippen LogP contribution in [0, 0.1) is 11.8 Å². The van der Waals surface area contributed by atoms with Crippen molar-refractivity contribution in [1.82, 2.24) is 9.80 Å². The molecular weight excluding hydrogens is 406 g/mol. The van der Waals surface area contributed by atoms with E-state index in [1.165, 1.54) is 0 Å². The lowest BCUT2D eigenvalue weighted by molar-refractivity contribution is 0.0878. The molecule has 1 aliphatic heterocycles. The van der Waals surface area contributed by atoms with Gasteiger partial charge < -0.3 is 9.80 Å². The molecule has 3 aliphatic rings. The van der Waals surface area contributed by atoms with Crippen LogP contribution in [0.25, 0.3) is 0 Å². The van der Waals surface area contributed by atoms with Crippen molar-refractivity contribution in [3.8, 4) is 0 Å². The summed E-state index contributed by atoms with van der Waals surface area (Å²) in [5.41, 5.74) is 1.76. The number of hydrogen-bond acceptors (Lipinski definition) is 1. The van der Waals surface area contributed by atoms with Crippen LogP contribution in [0.3, 0.4) is 0 Å². The maximum atomic E-state index is 16.0. The summed E-state index contributed by atoms with van der Waals surface area (Å²) in [6, 6.07) is 17.4. The van der Waals surface area contributed by atoms with Gasteiger partial charge >= 0.3 is 6.03 Å². The van der Waals surface area contributed by atoms with Crippen LogP contribution in [0.1, 0.15) is 37.8 Å². The van der Waals surface area contributed by atoms with Crippen molar-refractivity contribution in [3.63, 3.8) is 0 Å². The Hall–Kier alpha value is -2.43. The zero-order valence-electron chi connectivity index (χ0n) is 18.8. The molecule has 8 atom stereocenters. The van der Waals surface area contributed by atoms with Crippen LogP contribution in [-0.2, 0) is 12.8 Å². The van der Waals surface area contributed by atoms with Crippen LogP contribution in [0.2, 0.25) is 0 Å². The lowest BCUT2D eigenvalue weighted by Crippen LogP contribution is -2.51. The smallest absolute Gasteiger partial charge is 0.313 e. The van der Waals surface area contributed by atoms with Gasteiger partial charge in [0.1, 0.15) is 12.3 Å². The van der Waals surface area contributed by atoms with Gasteiger partial charge in [-0.25, -0.2) is 13.6 Å². The summed E-state index contributed by atoms with van der Waals surface area (Å²) in [4.78, 5) is 17.1. The predicted molar refractivity (Wildman–Crippen MR) is 122 cm³/mol. The van der Waals surface area contributed by atoms with Crippen molar-refractivity contribution in [2.45, 2.75) is 76.0 Å². The van der Waals surface area contributed by atoms with Gasteiger partial charge in [-0.1, -0.05) is 74.5 Å². The number of amides is 2. The van der Waals surface area contributed by atoms with E-state index in [9.17, 15) is 4.79 Å². The molecule has 5 heteroatoms. The second kappa shape index (κ2) is 8.49. The second-order valence-electron chi connectivity index (χ2n) is 10.1. The SMILES string of the molecule is CC1CC1N1C(=O)N(C2CC2C)[C@H]([C@H](F)Cc2ccccc2)[C@H]1[C@H](F)Cc1ccccc1. The minimum atomic E-state index is -1.31. The van der Waals surface area contributed by atoms with Crippen LogP contribution in [0.15, 0.2) is 60.7 Å². The lowest BCUT2D eigenvalue weighted by atomic mass is 9.91. The molecule has 0 aromatic heterocycles. The molecule has 1 saturated heterocycles. The monoisotopic (exact) mass is 438 g/mol. The number of urea groups is 1. The first-order chi connectivity index (χ1) is 15.5. The van der Waals surface area contributed by atoms with Gasteiger partial charge in [-0.3, -0.25) is 0 Å². The summed E-state index contributed by atoms with van der Waals surface area (Å²) in [6.45, 7) is 4.18. The van der Waals surface area contributed by atoms with Crippen molar-refractivity contribution in [3.05, 3.63) is 71.8 Å². The summed E-state index contributed by atoms with van der Waals surface area (Å²) in [6.07, 6.45) is -0.495. The molecule has 32 heavy (non-hydrogen) atoms. The molecule has 0 spiro atoms. The molecule has 3 nitrogen and oxygen atoms in total. The average Bonchev–Trinajstić information content (AvgIpc) is 3.67. The molecule has 2 amide bonds. The zero-order chi connectivity index (χ0) is 22.4. The van der Waals surface area contributed by atoms with Crippen molar-refractivity contribution in [2.75, 3.05) is 0 Å². The first kappa shape index (κ1) is 21.4. The lowest BCUT2D eigenvalue weighted by Gasteiger charge is -2.33. The molecular formula is C27H32F2N2O. The Bertz CT molecular complexity index is 864. The van der Waals surface area contributed by atoms with Gasteiger partial charge in [0, 0.05) is 24.9 Å². The largest absolute Gasteiger partial charge is 0.321 e. The Morgan fingerprint density at radius 1 is 0.750 bits per heavy atom. The molecule has 2 aliphatic carbocycles. The highest BCUT2D eigenvalue weighted by molar-refractivity contribution is 5.80. The summed E-state index contributed by atoms with van der Waals surface area (Å²) in [5.74, 6) is 0.685. The fourth-order valence-corrected chi connectivity index (χ4v) is 5.52. The van der Waals surface area contributed by atoms with E-state index in [-0.39, 0.29) is 31.0 Å². The van der Waals surface area contributed by atoms with Crippen molar-refractivity contribution < 1.29 is 13.6 Å². The molecule has 3 fully saturated rings. The molecule has 170 valence electrons. The van der Waals surface area contributed by atoms with Gasteiger partial charge in [0.15, 0.2) is 0 Å². The third kappa shape index (κ3) is 4.02. The van der Waals surface area contributed by atoms with Gasteiger partial charge in [-0.05, 0) is 35.8 Å². The number of halogens is 2. The van der Waals surface area contributed by atoms with Crippen molar-refractivity contribution in [1.29, 1.82) is 0 Å². The maximum Gasteiger partial charge on any atom is 0.321 e. The second-order valence-corrected chi connectivity index (χ2v) is 10.1. The zero-order valence-corrected chi connectivity index (χ0v) is 18.8. The first-order valence-electron chi connectivity index (χ1n) is 11.9. The Labute approximate surface area is 189 Å². The summed E-state index contributed by atoms with van der Waals surface area (Å²) >= 11 is 0. The Morgan fingerprint density at radius 3 is 1.41 bits per heavy atom. The number of hydrogen-bond donors (Lipinski definition) is 0. The highest BCUT2D eigenvalue weighted by Crippen LogP contribution is 2.48. The number of alkyl halides is 2. The Balaban J connectivity index is 1.48. The molecule has 0 N–H and O–H groups in total. The molecule has 2 aromatic carbocycles. The topological polar surface area (TPSA) is 23.6 Å². The van der Waals surface area contributed by atoms with Gasteiger partial charge in [0.2, 0.25) is 0 Å². The highest BCUT2D eigenvalue weighted by Gasteiger charge is 2.62. The van der Waals surface area contributed by atoms with Crippen molar-refractivity contribution in [2.24, 2.45) is 11.8 Å². The van der Waals surface area contributed by atoms with E-state index in [2.05, 4.69) is 13.8 Å². The summed E-state index contributed by atoms with van der Waals surface area (Å²) in [7, 11) is 0. The Morgan fingerprint density at radius 2 is 1.09 bits per heavy atom. The van der Waals surface area contributed by atoms with E-state index in [1.807, 2.05) is 60.7 Å². The third-order valence-corrected chi connectivity index (χ3v) is 7.57. The molecule has 2 saturated carbocycles. The van der Waals surface area contributed by atoms with Gasteiger partial charge in [0.05, 0.1) is 12.1 Å². The van der Waals surface area contributed by atoms with Crippen LogP contribution < -0.4 is 0 Å². The van der Waals surface area contributed by atoms with E-state index >= 15 is 8.78 Å². The minimum absolute atomic E-state index is 0.0204. The van der Waals surface area contributed by atoms with E-state index in [0.29, 0.717) is 11.8 Å². The van der Waals surface area contributed by atoms with Crippen molar-refractivity contribution >= 4 is 6.03 Å². The molecule has 4 unspecified atom stereocenters. The molecule has 5 rings (SSSR count). The minimum Gasteiger partial charge on any atom is -0.313 e. The van der Waals surface area contributed by atoms with Crippen LogP contribution in [0.4, 0.5) is 13.6 Å². The molecule has 0 radical (unpaired) electrons. The quantitative estimate of drug-likeness (QED) is 0.538. The summed E-state index contributed by atoms with van der Waals surface area (Å²) in [5, 5.41) is 0. The van der Waals surface area contributed by atoms with Gasteiger partial charge in [0.25, 0.3) is 0 Å². The first-order valence-corrected chi connectivity index (χ1v) is 11.9. The fourth-order valence-electron chi connectivity index (χ4n) is 5.52. The number of rotatable bonds is 8. The number of benzene rings is 2. The maximum absolute atomic E-state index is 16.0. The highest BCUT2D eigenvalue weighted by atomic mass is 19.1. The number of carbonyl (C=O) groups excluding carboxylic acids is 1. The third-order valence-electron chi connectivity index (χ3n) is 7.57. The van der Waals surface area contributed by atoms with E-state index < -0.39 is 24.4 Å². The number of nitrogens with zero attached hydrogens (tertiary/aromatic N) is 2. The molecule has 0 bridgehead atoms. The molecule has 1 heterocycles. The standard InChI is InChI=1S/C27H32F2N2O/c1-17-13-23(17)30-25(21(28)15-19-9-5-3-6-10-19)26(31(27(30)32)24-14-18(24)2)22(29)16-20-11-7-4-8-12-20/h3-12,17-18,21-26H,13-16H2,1-2H3/t17?,18?,21-,22-,23?,24?,25-,26-/m1/s1. The van der Waals surface area contributed by atoms with E-state index in [4.69, 9.17) is 0 Å². The number of carbonyl (C=O) groups is 1. The van der Waals surface area contributed by atoms with Crippen LogP contribution in [0.5, 0.6) is 0 Å². The normalized spacial score (nSPS) is 33.3. The van der Waals surface area contributed by atoms with Crippen LogP contribution >= 0.6 is 0 Å².